The molecule has 0 bridgehead atoms. The maximum Gasteiger partial charge on any atom is 0.149 e. The first-order valence-corrected chi connectivity index (χ1v) is 3.95. The molecule has 0 aliphatic carbocycles. The number of phenolic OH excluding ortho intramolecular Hbond substituents is 2. The minimum absolute atomic E-state index is 0.181. The first-order valence-electron chi connectivity index (χ1n) is 3.16. The molecule has 1 aromatic rings. The largest absolute Gasteiger partial charge is 0.506 e. The number of halogens is 1. The van der Waals surface area contributed by atoms with Gasteiger partial charge >= 0.3 is 0 Å². The Morgan fingerprint density at radius 3 is 2.15 bits per heavy atom. The van der Waals surface area contributed by atoms with Gasteiger partial charge < -0.3 is 10.2 Å². The minimum atomic E-state index is -0.336. The van der Waals surface area contributed by atoms with Crippen molar-refractivity contribution in [3.63, 3.8) is 0 Å². The van der Waals surface area contributed by atoms with Crippen molar-refractivity contribution in [1.82, 2.24) is 0 Å². The van der Waals surface area contributed by atoms with Crippen molar-refractivity contribution in [2.45, 2.75) is 0 Å². The molecule has 0 amide bonds. The molecule has 0 spiro atoms. The lowest BCUT2D eigenvalue weighted by molar-refractivity contribution is 0.454. The van der Waals surface area contributed by atoms with Gasteiger partial charge in [0.25, 0.3) is 0 Å². The Kier molecular flexibility index (Phi) is 2.41. The fourth-order valence-electron chi connectivity index (χ4n) is 0.848. The van der Waals surface area contributed by atoms with E-state index in [1.807, 2.05) is 0 Å². The smallest absolute Gasteiger partial charge is 0.149 e. The van der Waals surface area contributed by atoms with Gasteiger partial charge in [0.1, 0.15) is 34.8 Å². The van der Waals surface area contributed by atoms with E-state index in [0.29, 0.717) is 0 Å². The van der Waals surface area contributed by atoms with Crippen LogP contribution in [0, 0.1) is 22.7 Å². The first kappa shape index (κ1) is 9.37. The average molecular weight is 239 g/mol. The van der Waals surface area contributed by atoms with Crippen LogP contribution in [0.25, 0.3) is 0 Å². The number of hydrogen-bond donors (Lipinski definition) is 2. The molecule has 2 N–H and O–H groups in total. The predicted molar refractivity (Wildman–Crippen MR) is 46.9 cm³/mol. The summed E-state index contributed by atoms with van der Waals surface area (Å²) in [7, 11) is 0. The highest BCUT2D eigenvalue weighted by Crippen LogP contribution is 2.35. The fraction of sp³-hybridized carbons (Fsp3) is 0. The highest BCUT2D eigenvalue weighted by Gasteiger charge is 2.15. The second-order valence-electron chi connectivity index (χ2n) is 2.20. The SMILES string of the molecule is N#Cc1c(O)cc(Br)c(O)c1C#N. The molecule has 0 aliphatic rings. The molecule has 0 radical (unpaired) electrons. The number of aromatic hydroxyl groups is 2. The summed E-state index contributed by atoms with van der Waals surface area (Å²) in [6.07, 6.45) is 0. The first-order chi connectivity index (χ1) is 6.11. The lowest BCUT2D eigenvalue weighted by Crippen LogP contribution is -1.86. The zero-order chi connectivity index (χ0) is 10.0. The summed E-state index contributed by atoms with van der Waals surface area (Å²) in [6, 6.07) is 4.42. The van der Waals surface area contributed by atoms with Gasteiger partial charge in [-0.1, -0.05) is 0 Å². The molecule has 4 nitrogen and oxygen atoms in total. The van der Waals surface area contributed by atoms with Crippen LogP contribution in [0.1, 0.15) is 11.1 Å². The van der Waals surface area contributed by atoms with E-state index in [-0.39, 0.29) is 27.1 Å². The van der Waals surface area contributed by atoms with Gasteiger partial charge in [-0.3, -0.25) is 0 Å². The Bertz CT molecular complexity index is 443. The third-order valence-corrected chi connectivity index (χ3v) is 2.06. The molecular weight excluding hydrogens is 236 g/mol. The molecule has 0 aromatic heterocycles. The Balaban J connectivity index is 3.66. The van der Waals surface area contributed by atoms with Crippen molar-refractivity contribution in [2.75, 3.05) is 0 Å². The van der Waals surface area contributed by atoms with Crippen LogP contribution in [-0.2, 0) is 0 Å². The summed E-state index contributed by atoms with van der Waals surface area (Å²) in [5.74, 6) is -0.666. The Labute approximate surface area is 82.4 Å². The monoisotopic (exact) mass is 238 g/mol. The van der Waals surface area contributed by atoms with Crippen LogP contribution in [0.3, 0.4) is 0 Å². The lowest BCUT2D eigenvalue weighted by Gasteiger charge is -2.02. The number of nitriles is 2. The molecule has 0 atom stereocenters. The summed E-state index contributed by atoms with van der Waals surface area (Å²) >= 11 is 2.93. The molecule has 5 heteroatoms. The third-order valence-electron chi connectivity index (χ3n) is 1.46. The van der Waals surface area contributed by atoms with E-state index in [9.17, 15) is 10.2 Å². The predicted octanol–water partition coefficient (Wildman–Crippen LogP) is 1.60. The second kappa shape index (κ2) is 3.34. The van der Waals surface area contributed by atoms with E-state index in [0.717, 1.165) is 6.07 Å². The molecular formula is C8H3BrN2O2. The van der Waals surface area contributed by atoms with Crippen LogP contribution < -0.4 is 0 Å². The normalized spacial score (nSPS) is 8.85. The average Bonchev–Trinajstić information content (AvgIpc) is 2.10. The summed E-state index contributed by atoms with van der Waals surface area (Å²) in [6.45, 7) is 0. The molecule has 64 valence electrons. The minimum Gasteiger partial charge on any atom is -0.506 e. The molecule has 1 rings (SSSR count). The van der Waals surface area contributed by atoms with E-state index >= 15 is 0 Å². The summed E-state index contributed by atoms with van der Waals surface area (Å²) in [5, 5.41) is 35.7. The van der Waals surface area contributed by atoms with Crippen molar-refractivity contribution >= 4 is 15.9 Å². The van der Waals surface area contributed by atoms with Crippen LogP contribution in [0.4, 0.5) is 0 Å². The van der Waals surface area contributed by atoms with Gasteiger partial charge in [-0.15, -0.1) is 0 Å². The summed E-state index contributed by atoms with van der Waals surface area (Å²) in [4.78, 5) is 0. The van der Waals surface area contributed by atoms with Gasteiger partial charge in [0.2, 0.25) is 0 Å². The van der Waals surface area contributed by atoms with Crippen LogP contribution in [-0.4, -0.2) is 10.2 Å². The quantitative estimate of drug-likeness (QED) is 0.673. The topological polar surface area (TPSA) is 88.0 Å². The zero-order valence-electron chi connectivity index (χ0n) is 6.24. The van der Waals surface area contributed by atoms with Gasteiger partial charge in [-0.25, -0.2) is 0 Å². The zero-order valence-corrected chi connectivity index (χ0v) is 7.83. The molecule has 1 aromatic carbocycles. The Hall–Kier alpha value is -1.72. The molecule has 0 saturated heterocycles. The summed E-state index contributed by atoms with van der Waals surface area (Å²) in [5.41, 5.74) is -0.447. The molecule has 0 heterocycles. The second-order valence-corrected chi connectivity index (χ2v) is 3.05. The van der Waals surface area contributed by atoms with E-state index in [2.05, 4.69) is 15.9 Å². The van der Waals surface area contributed by atoms with Crippen molar-refractivity contribution < 1.29 is 10.2 Å². The highest BCUT2D eigenvalue weighted by molar-refractivity contribution is 9.10. The number of nitrogens with zero attached hydrogens (tertiary/aromatic N) is 2. The maximum atomic E-state index is 9.30. The van der Waals surface area contributed by atoms with Crippen molar-refractivity contribution in [3.05, 3.63) is 21.7 Å². The fourth-order valence-corrected chi connectivity index (χ4v) is 1.26. The van der Waals surface area contributed by atoms with Gasteiger partial charge in [-0.05, 0) is 22.0 Å². The van der Waals surface area contributed by atoms with Crippen molar-refractivity contribution in [3.8, 4) is 23.6 Å². The highest BCUT2D eigenvalue weighted by atomic mass is 79.9. The van der Waals surface area contributed by atoms with E-state index in [4.69, 9.17) is 10.5 Å². The van der Waals surface area contributed by atoms with E-state index in [1.54, 1.807) is 12.1 Å². The number of phenols is 2. The van der Waals surface area contributed by atoms with Crippen LogP contribution >= 0.6 is 15.9 Å². The molecule has 0 saturated carbocycles. The molecule has 0 aliphatic heterocycles. The standard InChI is InChI=1S/C8H3BrN2O2/c9-6-1-7(12)4(2-10)5(3-11)8(6)13/h1,12-13H. The van der Waals surface area contributed by atoms with Crippen molar-refractivity contribution in [1.29, 1.82) is 10.5 Å². The van der Waals surface area contributed by atoms with Crippen LogP contribution in [0.15, 0.2) is 10.5 Å². The lowest BCUT2D eigenvalue weighted by atomic mass is 10.1. The van der Waals surface area contributed by atoms with E-state index < -0.39 is 0 Å². The van der Waals surface area contributed by atoms with Gasteiger partial charge in [0.15, 0.2) is 0 Å². The van der Waals surface area contributed by atoms with Crippen molar-refractivity contribution in [2.24, 2.45) is 0 Å². The molecule has 13 heavy (non-hydrogen) atoms. The Morgan fingerprint density at radius 2 is 1.69 bits per heavy atom. The Morgan fingerprint density at radius 1 is 1.15 bits per heavy atom. The molecule has 0 unspecified atom stereocenters. The van der Waals surface area contributed by atoms with Crippen LogP contribution in [0.5, 0.6) is 11.5 Å². The number of hydrogen-bond acceptors (Lipinski definition) is 4. The molecule has 0 fully saturated rings. The number of rotatable bonds is 0. The third kappa shape index (κ3) is 1.42. The van der Waals surface area contributed by atoms with Gasteiger partial charge in [0.05, 0.1) is 4.47 Å². The van der Waals surface area contributed by atoms with E-state index in [1.165, 1.54) is 0 Å². The summed E-state index contributed by atoms with van der Waals surface area (Å²) < 4.78 is 0.181. The number of benzene rings is 1. The maximum absolute atomic E-state index is 9.30. The van der Waals surface area contributed by atoms with Gasteiger partial charge in [-0.2, -0.15) is 10.5 Å². The van der Waals surface area contributed by atoms with Gasteiger partial charge in [0, 0.05) is 0 Å². The van der Waals surface area contributed by atoms with Crippen LogP contribution in [0.2, 0.25) is 0 Å².